The fourth-order valence-corrected chi connectivity index (χ4v) is 2.73. The summed E-state index contributed by atoms with van der Waals surface area (Å²) in [7, 11) is 0. The molecule has 1 aliphatic carbocycles. The van der Waals surface area contributed by atoms with Gasteiger partial charge in [0.1, 0.15) is 0 Å². The third kappa shape index (κ3) is 3.93. The SMILES string of the molecule is CCOC(=O)c1ccccc1NC(=O)C1CC1C(=O)N(CC)CC. The molecule has 1 saturated carbocycles. The average molecular weight is 332 g/mol. The normalized spacial score (nSPS) is 18.6. The van der Waals surface area contributed by atoms with E-state index in [9.17, 15) is 14.4 Å². The molecule has 24 heavy (non-hydrogen) atoms. The minimum atomic E-state index is -0.472. The van der Waals surface area contributed by atoms with E-state index in [1.807, 2.05) is 13.8 Å². The van der Waals surface area contributed by atoms with Crippen LogP contribution >= 0.6 is 0 Å². The number of ether oxygens (including phenoxy) is 1. The van der Waals surface area contributed by atoms with Gasteiger partial charge in [-0.25, -0.2) is 4.79 Å². The molecule has 0 aromatic heterocycles. The zero-order valence-corrected chi connectivity index (χ0v) is 14.4. The van der Waals surface area contributed by atoms with E-state index in [1.54, 1.807) is 36.1 Å². The van der Waals surface area contributed by atoms with E-state index in [1.165, 1.54) is 0 Å². The highest BCUT2D eigenvalue weighted by Gasteiger charge is 2.49. The third-order valence-corrected chi connectivity index (χ3v) is 4.20. The largest absolute Gasteiger partial charge is 0.462 e. The molecule has 6 nitrogen and oxygen atoms in total. The van der Waals surface area contributed by atoms with E-state index in [2.05, 4.69) is 5.32 Å². The Balaban J connectivity index is 2.02. The Morgan fingerprint density at radius 3 is 2.42 bits per heavy atom. The number of para-hydroxylation sites is 1. The van der Waals surface area contributed by atoms with Gasteiger partial charge in [0.2, 0.25) is 11.8 Å². The molecule has 0 radical (unpaired) electrons. The molecule has 1 aliphatic rings. The van der Waals surface area contributed by atoms with Gasteiger partial charge in [0.15, 0.2) is 0 Å². The third-order valence-electron chi connectivity index (χ3n) is 4.20. The molecule has 1 aromatic carbocycles. The molecule has 0 heterocycles. The van der Waals surface area contributed by atoms with Crippen LogP contribution in [0, 0.1) is 11.8 Å². The van der Waals surface area contributed by atoms with Crippen LogP contribution in [0.3, 0.4) is 0 Å². The molecule has 2 rings (SSSR count). The maximum absolute atomic E-state index is 12.4. The number of nitrogens with zero attached hydrogens (tertiary/aromatic N) is 1. The first-order valence-electron chi connectivity index (χ1n) is 8.39. The monoisotopic (exact) mass is 332 g/mol. The van der Waals surface area contributed by atoms with E-state index in [-0.39, 0.29) is 30.3 Å². The number of esters is 1. The number of hydrogen-bond donors (Lipinski definition) is 1. The molecule has 130 valence electrons. The summed E-state index contributed by atoms with van der Waals surface area (Å²) in [6.45, 7) is 7.14. The van der Waals surface area contributed by atoms with Gasteiger partial charge in [-0.05, 0) is 39.3 Å². The standard InChI is InChI=1S/C18H24N2O4/c1-4-20(5-2)17(22)14-11-13(14)16(21)19-15-10-8-7-9-12(15)18(23)24-6-3/h7-10,13-14H,4-6,11H2,1-3H3,(H,19,21). The van der Waals surface area contributed by atoms with Crippen molar-refractivity contribution in [1.29, 1.82) is 0 Å². The second kappa shape index (κ2) is 7.95. The second-order valence-electron chi connectivity index (χ2n) is 5.71. The molecular formula is C18H24N2O4. The van der Waals surface area contributed by atoms with Gasteiger partial charge in [0.05, 0.1) is 29.7 Å². The van der Waals surface area contributed by atoms with Crippen LogP contribution in [0.1, 0.15) is 37.6 Å². The van der Waals surface area contributed by atoms with Crippen molar-refractivity contribution in [3.05, 3.63) is 29.8 Å². The molecule has 0 bridgehead atoms. The van der Waals surface area contributed by atoms with Gasteiger partial charge in [-0.1, -0.05) is 12.1 Å². The van der Waals surface area contributed by atoms with E-state index in [0.29, 0.717) is 30.8 Å². The van der Waals surface area contributed by atoms with Crippen molar-refractivity contribution in [2.45, 2.75) is 27.2 Å². The quantitative estimate of drug-likeness (QED) is 0.778. The number of anilines is 1. The Kier molecular flexibility index (Phi) is 5.95. The Morgan fingerprint density at radius 2 is 1.79 bits per heavy atom. The minimum absolute atomic E-state index is 0.0267. The molecule has 1 aromatic rings. The fourth-order valence-electron chi connectivity index (χ4n) is 2.73. The smallest absolute Gasteiger partial charge is 0.340 e. The molecule has 2 unspecified atom stereocenters. The number of hydrogen-bond acceptors (Lipinski definition) is 4. The average Bonchev–Trinajstić information content (AvgIpc) is 3.37. The number of amides is 2. The van der Waals surface area contributed by atoms with Crippen LogP contribution in [0.15, 0.2) is 24.3 Å². The van der Waals surface area contributed by atoms with Crippen molar-refractivity contribution in [1.82, 2.24) is 4.90 Å². The van der Waals surface area contributed by atoms with Crippen LogP contribution in [0.2, 0.25) is 0 Å². The number of carbonyl (C=O) groups excluding carboxylic acids is 3. The summed E-state index contributed by atoms with van der Waals surface area (Å²) >= 11 is 0. The first kappa shape index (κ1) is 18.0. The summed E-state index contributed by atoms with van der Waals surface area (Å²) in [5.41, 5.74) is 0.738. The zero-order chi connectivity index (χ0) is 17.7. The van der Waals surface area contributed by atoms with Crippen molar-refractivity contribution < 1.29 is 19.1 Å². The lowest BCUT2D eigenvalue weighted by molar-refractivity contribution is -0.133. The van der Waals surface area contributed by atoms with Crippen molar-refractivity contribution >= 4 is 23.5 Å². The van der Waals surface area contributed by atoms with Crippen LogP contribution < -0.4 is 5.32 Å². The maximum atomic E-state index is 12.4. The van der Waals surface area contributed by atoms with E-state index < -0.39 is 5.97 Å². The molecule has 1 fully saturated rings. The van der Waals surface area contributed by atoms with Gasteiger partial charge in [0.25, 0.3) is 0 Å². The van der Waals surface area contributed by atoms with Crippen LogP contribution in [-0.4, -0.2) is 42.4 Å². The van der Waals surface area contributed by atoms with Crippen molar-refractivity contribution in [3.63, 3.8) is 0 Å². The number of nitrogens with one attached hydrogen (secondary N) is 1. The highest BCUT2D eigenvalue weighted by atomic mass is 16.5. The van der Waals surface area contributed by atoms with Gasteiger partial charge in [-0.15, -0.1) is 0 Å². The van der Waals surface area contributed by atoms with Gasteiger partial charge < -0.3 is 15.0 Å². The van der Waals surface area contributed by atoms with Crippen molar-refractivity contribution in [2.24, 2.45) is 11.8 Å². The lowest BCUT2D eigenvalue weighted by Gasteiger charge is -2.18. The van der Waals surface area contributed by atoms with Crippen LogP contribution in [-0.2, 0) is 14.3 Å². The van der Waals surface area contributed by atoms with Gasteiger partial charge in [-0.3, -0.25) is 9.59 Å². The maximum Gasteiger partial charge on any atom is 0.340 e. The topological polar surface area (TPSA) is 75.7 Å². The van der Waals surface area contributed by atoms with Crippen LogP contribution in [0.25, 0.3) is 0 Å². The predicted octanol–water partition coefficient (Wildman–Crippen LogP) is 2.31. The Hall–Kier alpha value is -2.37. The summed E-state index contributed by atoms with van der Waals surface area (Å²) in [5, 5.41) is 2.76. The Labute approximate surface area is 142 Å². The van der Waals surface area contributed by atoms with Crippen LogP contribution in [0.4, 0.5) is 5.69 Å². The summed E-state index contributed by atoms with van der Waals surface area (Å²) in [6.07, 6.45) is 0.558. The van der Waals surface area contributed by atoms with Gasteiger partial charge >= 0.3 is 5.97 Å². The van der Waals surface area contributed by atoms with Gasteiger partial charge in [-0.2, -0.15) is 0 Å². The number of carbonyl (C=O) groups is 3. The predicted molar refractivity (Wildman–Crippen MR) is 90.6 cm³/mol. The molecule has 2 amide bonds. The van der Waals surface area contributed by atoms with Crippen LogP contribution in [0.5, 0.6) is 0 Å². The highest BCUT2D eigenvalue weighted by Crippen LogP contribution is 2.41. The number of rotatable bonds is 7. The fraction of sp³-hybridized carbons (Fsp3) is 0.500. The Bertz CT molecular complexity index is 625. The van der Waals surface area contributed by atoms with Crippen molar-refractivity contribution in [3.8, 4) is 0 Å². The Morgan fingerprint density at radius 1 is 1.12 bits per heavy atom. The van der Waals surface area contributed by atoms with Gasteiger partial charge in [0, 0.05) is 13.1 Å². The minimum Gasteiger partial charge on any atom is -0.462 e. The summed E-state index contributed by atoms with van der Waals surface area (Å²) in [5.74, 6) is -1.25. The first-order valence-corrected chi connectivity index (χ1v) is 8.39. The summed E-state index contributed by atoms with van der Waals surface area (Å²) in [6, 6.07) is 6.72. The first-order chi connectivity index (χ1) is 11.5. The molecule has 0 spiro atoms. The lowest BCUT2D eigenvalue weighted by Crippen LogP contribution is -2.33. The molecular weight excluding hydrogens is 308 g/mol. The summed E-state index contributed by atoms with van der Waals surface area (Å²) in [4.78, 5) is 38.3. The number of benzene rings is 1. The van der Waals surface area contributed by atoms with E-state index in [4.69, 9.17) is 4.74 Å². The highest BCUT2D eigenvalue weighted by molar-refractivity contribution is 6.04. The molecule has 0 saturated heterocycles. The molecule has 2 atom stereocenters. The van der Waals surface area contributed by atoms with E-state index >= 15 is 0 Å². The lowest BCUT2D eigenvalue weighted by atomic mass is 10.1. The molecule has 6 heteroatoms. The second-order valence-corrected chi connectivity index (χ2v) is 5.71. The van der Waals surface area contributed by atoms with Crippen molar-refractivity contribution in [2.75, 3.05) is 25.0 Å². The zero-order valence-electron chi connectivity index (χ0n) is 14.4. The molecule has 1 N–H and O–H groups in total. The van der Waals surface area contributed by atoms with E-state index in [0.717, 1.165) is 0 Å². The summed E-state index contributed by atoms with van der Waals surface area (Å²) < 4.78 is 5.00. The molecule has 0 aliphatic heterocycles.